The van der Waals surface area contributed by atoms with Crippen molar-refractivity contribution in [2.24, 2.45) is 0 Å². The maximum Gasteiger partial charge on any atom is 0.406 e. The number of urea groups is 1. The van der Waals surface area contributed by atoms with Crippen molar-refractivity contribution in [3.05, 3.63) is 0 Å². The summed E-state index contributed by atoms with van der Waals surface area (Å²) in [5.41, 5.74) is 0. The van der Waals surface area contributed by atoms with Gasteiger partial charge in [-0.3, -0.25) is 4.79 Å². The van der Waals surface area contributed by atoms with Crippen molar-refractivity contribution >= 4 is 12.0 Å². The first-order chi connectivity index (χ1) is 8.69. The van der Waals surface area contributed by atoms with E-state index in [1.165, 1.54) is 0 Å². The van der Waals surface area contributed by atoms with Crippen molar-refractivity contribution in [3.8, 4) is 0 Å². The van der Waals surface area contributed by atoms with Gasteiger partial charge in [-0.15, -0.1) is 0 Å². The van der Waals surface area contributed by atoms with Crippen molar-refractivity contribution < 1.29 is 33.0 Å². The number of amides is 2. The lowest BCUT2D eigenvalue weighted by Gasteiger charge is -2.25. The van der Waals surface area contributed by atoms with E-state index in [2.05, 4.69) is 5.32 Å². The van der Waals surface area contributed by atoms with Crippen LogP contribution in [0.1, 0.15) is 19.8 Å². The molecule has 0 rings (SSSR count). The van der Waals surface area contributed by atoms with E-state index in [1.54, 1.807) is 6.92 Å². The first-order valence-corrected chi connectivity index (χ1v) is 5.64. The molecular weight excluding hydrogens is 269 g/mol. The van der Waals surface area contributed by atoms with Crippen LogP contribution in [0.5, 0.6) is 0 Å². The van der Waals surface area contributed by atoms with Crippen molar-refractivity contribution in [3.63, 3.8) is 0 Å². The van der Waals surface area contributed by atoms with E-state index in [0.29, 0.717) is 4.90 Å². The van der Waals surface area contributed by atoms with E-state index in [0.717, 1.165) is 0 Å². The molecule has 1 unspecified atom stereocenters. The highest BCUT2D eigenvalue weighted by atomic mass is 19.4. The molecule has 0 aromatic rings. The number of aliphatic hydroxyl groups is 1. The Balaban J connectivity index is 4.57. The topological polar surface area (TPSA) is 89.9 Å². The number of carbonyl (C=O) groups excluding carboxylic acids is 1. The highest BCUT2D eigenvalue weighted by molar-refractivity contribution is 5.76. The lowest BCUT2D eigenvalue weighted by atomic mass is 10.1. The van der Waals surface area contributed by atoms with Crippen molar-refractivity contribution in [2.45, 2.75) is 32.0 Å². The fourth-order valence-electron chi connectivity index (χ4n) is 1.36. The quantitative estimate of drug-likeness (QED) is 0.646. The minimum absolute atomic E-state index is 0.275. The van der Waals surface area contributed by atoms with Gasteiger partial charge in [0.15, 0.2) is 0 Å². The molecule has 0 saturated carbocycles. The number of nitrogens with one attached hydrogen (secondary N) is 1. The molecule has 0 aromatic heterocycles. The average Bonchev–Trinajstić information content (AvgIpc) is 2.25. The normalized spacial score (nSPS) is 12.9. The molecule has 0 aliphatic heterocycles. The van der Waals surface area contributed by atoms with Crippen LogP contribution in [0, 0.1) is 0 Å². The Kier molecular flexibility index (Phi) is 7.20. The SMILES string of the molecule is CCC(CC(=O)O)NC(=O)N(CCO)CC(F)(F)F. The maximum atomic E-state index is 12.2. The molecule has 2 amide bonds. The van der Waals surface area contributed by atoms with Gasteiger partial charge in [-0.1, -0.05) is 6.92 Å². The van der Waals surface area contributed by atoms with Gasteiger partial charge in [-0.25, -0.2) is 4.79 Å². The first-order valence-electron chi connectivity index (χ1n) is 5.64. The van der Waals surface area contributed by atoms with Crippen molar-refractivity contribution in [1.29, 1.82) is 0 Å². The molecule has 3 N–H and O–H groups in total. The van der Waals surface area contributed by atoms with Gasteiger partial charge in [-0.2, -0.15) is 13.2 Å². The van der Waals surface area contributed by atoms with Gasteiger partial charge in [0, 0.05) is 12.6 Å². The van der Waals surface area contributed by atoms with Gasteiger partial charge in [0.05, 0.1) is 13.0 Å². The van der Waals surface area contributed by atoms with Gasteiger partial charge in [0.25, 0.3) is 0 Å². The number of rotatable bonds is 7. The summed E-state index contributed by atoms with van der Waals surface area (Å²) in [6.07, 6.45) is -4.68. The molecule has 0 aliphatic rings. The minimum Gasteiger partial charge on any atom is -0.481 e. The zero-order chi connectivity index (χ0) is 15.1. The molecule has 9 heteroatoms. The largest absolute Gasteiger partial charge is 0.481 e. The number of alkyl halides is 3. The Morgan fingerprint density at radius 3 is 2.32 bits per heavy atom. The molecule has 0 bridgehead atoms. The number of hydrogen-bond acceptors (Lipinski definition) is 3. The van der Waals surface area contributed by atoms with Crippen LogP contribution in [0.3, 0.4) is 0 Å². The van der Waals surface area contributed by atoms with Crippen LogP contribution in [-0.4, -0.2) is 59.0 Å². The van der Waals surface area contributed by atoms with E-state index < -0.39 is 43.9 Å². The Morgan fingerprint density at radius 2 is 1.95 bits per heavy atom. The minimum atomic E-state index is -4.58. The molecule has 0 aromatic carbocycles. The number of carbonyl (C=O) groups is 2. The number of nitrogens with zero attached hydrogens (tertiary/aromatic N) is 1. The highest BCUT2D eigenvalue weighted by Crippen LogP contribution is 2.16. The molecule has 1 atom stereocenters. The third-order valence-corrected chi connectivity index (χ3v) is 2.27. The summed E-state index contributed by atoms with van der Waals surface area (Å²) in [5, 5.41) is 19.4. The van der Waals surface area contributed by atoms with E-state index in [1.807, 2.05) is 0 Å². The molecule has 0 fully saturated rings. The van der Waals surface area contributed by atoms with Gasteiger partial charge in [-0.05, 0) is 6.42 Å². The predicted molar refractivity (Wildman–Crippen MR) is 59.6 cm³/mol. The number of aliphatic hydroxyl groups excluding tert-OH is 1. The summed E-state index contributed by atoms with van der Waals surface area (Å²) in [7, 11) is 0. The van der Waals surface area contributed by atoms with Gasteiger partial charge in [0.2, 0.25) is 0 Å². The summed E-state index contributed by atoms with van der Waals surface area (Å²) < 4.78 is 36.7. The van der Waals surface area contributed by atoms with Crippen molar-refractivity contribution in [2.75, 3.05) is 19.7 Å². The van der Waals surface area contributed by atoms with Crippen LogP contribution in [0.25, 0.3) is 0 Å². The van der Waals surface area contributed by atoms with Crippen LogP contribution < -0.4 is 5.32 Å². The maximum absolute atomic E-state index is 12.2. The van der Waals surface area contributed by atoms with Crippen molar-refractivity contribution in [1.82, 2.24) is 10.2 Å². The van der Waals surface area contributed by atoms with Crippen LogP contribution in [0.2, 0.25) is 0 Å². The third kappa shape index (κ3) is 8.25. The Morgan fingerprint density at radius 1 is 1.37 bits per heavy atom. The zero-order valence-electron chi connectivity index (χ0n) is 10.4. The van der Waals surface area contributed by atoms with Crippen LogP contribution in [0.4, 0.5) is 18.0 Å². The standard InChI is InChI=1S/C10H17F3N2O4/c1-2-7(5-8(17)18)14-9(19)15(3-4-16)6-10(11,12)13/h7,16H,2-6H2,1H3,(H,14,19)(H,17,18). The molecule has 6 nitrogen and oxygen atoms in total. The fourth-order valence-corrected chi connectivity index (χ4v) is 1.36. The van der Waals surface area contributed by atoms with Gasteiger partial charge >= 0.3 is 18.2 Å². The average molecular weight is 286 g/mol. The molecule has 0 aliphatic carbocycles. The zero-order valence-corrected chi connectivity index (χ0v) is 10.4. The smallest absolute Gasteiger partial charge is 0.406 e. The number of halogens is 3. The molecule has 0 radical (unpaired) electrons. The Bertz CT molecular complexity index is 310. The van der Waals surface area contributed by atoms with Crippen LogP contribution in [-0.2, 0) is 4.79 Å². The summed E-state index contributed by atoms with van der Waals surface area (Å²) >= 11 is 0. The van der Waals surface area contributed by atoms with E-state index in [4.69, 9.17) is 10.2 Å². The molecule has 0 saturated heterocycles. The molecule has 0 spiro atoms. The Labute approximate surface area is 108 Å². The Hall–Kier alpha value is -1.51. The summed E-state index contributed by atoms with van der Waals surface area (Å²) in [6, 6.07) is -1.79. The van der Waals surface area contributed by atoms with E-state index in [-0.39, 0.29) is 12.8 Å². The number of aliphatic carboxylic acids is 1. The summed E-state index contributed by atoms with van der Waals surface area (Å²) in [6.45, 7) is -0.981. The molecule has 19 heavy (non-hydrogen) atoms. The first kappa shape index (κ1) is 17.5. The number of carboxylic acid groups (broad SMARTS) is 1. The van der Waals surface area contributed by atoms with Gasteiger partial charge < -0.3 is 20.4 Å². The number of hydrogen-bond donors (Lipinski definition) is 3. The second-order valence-electron chi connectivity index (χ2n) is 3.91. The molecular formula is C10H17F3N2O4. The highest BCUT2D eigenvalue weighted by Gasteiger charge is 2.33. The van der Waals surface area contributed by atoms with E-state index in [9.17, 15) is 22.8 Å². The lowest BCUT2D eigenvalue weighted by molar-refractivity contribution is -0.141. The van der Waals surface area contributed by atoms with E-state index >= 15 is 0 Å². The molecule has 112 valence electrons. The fraction of sp³-hybridized carbons (Fsp3) is 0.800. The summed E-state index contributed by atoms with van der Waals surface area (Å²) in [4.78, 5) is 22.5. The van der Waals surface area contributed by atoms with Crippen LogP contribution >= 0.6 is 0 Å². The second-order valence-corrected chi connectivity index (χ2v) is 3.91. The lowest BCUT2D eigenvalue weighted by Crippen LogP contribution is -2.49. The second kappa shape index (κ2) is 7.82. The monoisotopic (exact) mass is 286 g/mol. The molecule has 0 heterocycles. The predicted octanol–water partition coefficient (Wildman–Crippen LogP) is 0.806. The van der Waals surface area contributed by atoms with Crippen LogP contribution in [0.15, 0.2) is 0 Å². The number of carboxylic acids is 1. The summed E-state index contributed by atoms with van der Waals surface area (Å²) in [5.74, 6) is -1.16. The van der Waals surface area contributed by atoms with Gasteiger partial charge in [0.1, 0.15) is 6.54 Å². The third-order valence-electron chi connectivity index (χ3n) is 2.27.